The van der Waals surface area contributed by atoms with Gasteiger partial charge in [0.25, 0.3) is 10.0 Å². The Morgan fingerprint density at radius 1 is 1.24 bits per heavy atom. The van der Waals surface area contributed by atoms with Crippen molar-refractivity contribution in [2.75, 3.05) is 39.0 Å². The summed E-state index contributed by atoms with van der Waals surface area (Å²) in [7, 11) is -1.48. The smallest absolute Gasteiger partial charge is 0.260 e. The molecule has 0 atom stereocenters. The quantitative estimate of drug-likeness (QED) is 0.779. The van der Waals surface area contributed by atoms with Crippen LogP contribution in [0.2, 0.25) is 0 Å². The van der Waals surface area contributed by atoms with E-state index in [2.05, 4.69) is 9.88 Å². The van der Waals surface area contributed by atoms with Crippen molar-refractivity contribution >= 4 is 15.7 Å². The number of piperazine rings is 1. The van der Waals surface area contributed by atoms with Gasteiger partial charge in [0.05, 0.1) is 11.9 Å². The van der Waals surface area contributed by atoms with Crippen molar-refractivity contribution in [3.8, 4) is 0 Å². The molecule has 1 saturated heterocycles. The van der Waals surface area contributed by atoms with Crippen LogP contribution in [0.3, 0.4) is 0 Å². The monoisotopic (exact) mass is 256 g/mol. The first-order chi connectivity index (χ1) is 8.00. The summed E-state index contributed by atoms with van der Waals surface area (Å²) < 4.78 is 25.9. The van der Waals surface area contributed by atoms with Crippen molar-refractivity contribution in [2.24, 2.45) is 0 Å². The molecular formula is C10H16N4O2S. The Bertz CT molecular complexity index is 478. The maximum absolute atomic E-state index is 12.2. The Balaban J connectivity index is 2.21. The number of anilines is 1. The Labute approximate surface area is 101 Å². The van der Waals surface area contributed by atoms with Crippen LogP contribution in [-0.2, 0) is 10.0 Å². The van der Waals surface area contributed by atoms with Crippen LogP contribution in [-0.4, -0.2) is 55.8 Å². The fourth-order valence-corrected chi connectivity index (χ4v) is 3.04. The first-order valence-electron chi connectivity index (χ1n) is 5.40. The molecule has 2 N–H and O–H groups in total. The molecule has 17 heavy (non-hydrogen) atoms. The van der Waals surface area contributed by atoms with Crippen molar-refractivity contribution < 1.29 is 8.42 Å². The van der Waals surface area contributed by atoms with E-state index in [4.69, 9.17) is 5.73 Å². The zero-order chi connectivity index (χ0) is 12.5. The highest BCUT2D eigenvalue weighted by atomic mass is 32.2. The zero-order valence-corrected chi connectivity index (χ0v) is 10.5. The Kier molecular flexibility index (Phi) is 3.32. The minimum atomic E-state index is -3.46. The molecule has 0 unspecified atom stereocenters. The van der Waals surface area contributed by atoms with Crippen LogP contribution in [0.4, 0.5) is 5.69 Å². The first-order valence-corrected chi connectivity index (χ1v) is 6.84. The first kappa shape index (κ1) is 12.3. The molecule has 1 aliphatic heterocycles. The minimum Gasteiger partial charge on any atom is -0.397 e. The van der Waals surface area contributed by atoms with Crippen LogP contribution in [0.5, 0.6) is 0 Å². The fourth-order valence-electron chi connectivity index (χ4n) is 1.71. The Morgan fingerprint density at radius 2 is 1.88 bits per heavy atom. The van der Waals surface area contributed by atoms with Crippen molar-refractivity contribution in [1.82, 2.24) is 14.2 Å². The number of likely N-dealkylation sites (N-methyl/N-ethyl adjacent to an activating group) is 1. The lowest BCUT2D eigenvalue weighted by atomic mass is 10.4. The maximum Gasteiger partial charge on any atom is 0.260 e. The molecule has 7 heteroatoms. The summed E-state index contributed by atoms with van der Waals surface area (Å²) in [5, 5.41) is 0.0660. The van der Waals surface area contributed by atoms with E-state index in [1.807, 2.05) is 7.05 Å². The molecule has 0 saturated carbocycles. The SMILES string of the molecule is CN1CCN(S(=O)(=O)c2ccc(N)cn2)CC1. The molecule has 2 heterocycles. The average molecular weight is 256 g/mol. The second-order valence-electron chi connectivity index (χ2n) is 4.14. The summed E-state index contributed by atoms with van der Waals surface area (Å²) in [6, 6.07) is 3.00. The zero-order valence-electron chi connectivity index (χ0n) is 9.70. The molecule has 6 nitrogen and oxygen atoms in total. The highest BCUT2D eigenvalue weighted by Gasteiger charge is 2.28. The number of nitrogens with zero attached hydrogens (tertiary/aromatic N) is 3. The summed E-state index contributed by atoms with van der Waals surface area (Å²) in [5.41, 5.74) is 5.95. The van der Waals surface area contributed by atoms with Gasteiger partial charge in [0.15, 0.2) is 5.03 Å². The lowest BCUT2D eigenvalue weighted by Crippen LogP contribution is -2.47. The van der Waals surface area contributed by atoms with E-state index in [-0.39, 0.29) is 5.03 Å². The van der Waals surface area contributed by atoms with Crippen LogP contribution in [0.1, 0.15) is 0 Å². The lowest BCUT2D eigenvalue weighted by molar-refractivity contribution is 0.222. The van der Waals surface area contributed by atoms with Gasteiger partial charge in [-0.25, -0.2) is 13.4 Å². The van der Waals surface area contributed by atoms with Gasteiger partial charge in [0, 0.05) is 26.2 Å². The van der Waals surface area contributed by atoms with Gasteiger partial charge in [-0.05, 0) is 19.2 Å². The molecule has 0 bridgehead atoms. The third-order valence-electron chi connectivity index (χ3n) is 2.83. The van der Waals surface area contributed by atoms with Gasteiger partial charge in [-0.15, -0.1) is 0 Å². The molecular weight excluding hydrogens is 240 g/mol. The van der Waals surface area contributed by atoms with E-state index in [1.165, 1.54) is 16.6 Å². The number of aromatic nitrogens is 1. The number of nitrogen functional groups attached to an aromatic ring is 1. The van der Waals surface area contributed by atoms with Crippen molar-refractivity contribution in [3.63, 3.8) is 0 Å². The summed E-state index contributed by atoms with van der Waals surface area (Å²) in [5.74, 6) is 0. The summed E-state index contributed by atoms with van der Waals surface area (Å²) in [4.78, 5) is 5.98. The largest absolute Gasteiger partial charge is 0.397 e. The highest BCUT2D eigenvalue weighted by molar-refractivity contribution is 7.89. The van der Waals surface area contributed by atoms with Gasteiger partial charge >= 0.3 is 0 Å². The van der Waals surface area contributed by atoms with E-state index in [0.29, 0.717) is 18.8 Å². The number of rotatable bonds is 2. The molecule has 94 valence electrons. The topological polar surface area (TPSA) is 79.5 Å². The van der Waals surface area contributed by atoms with E-state index < -0.39 is 10.0 Å². The normalized spacial score (nSPS) is 19.4. The molecule has 1 aliphatic rings. The predicted octanol–water partition coefficient (Wildman–Crippen LogP) is -0.400. The second kappa shape index (κ2) is 4.59. The molecule has 1 aromatic rings. The van der Waals surface area contributed by atoms with Gasteiger partial charge in [0.2, 0.25) is 0 Å². The summed E-state index contributed by atoms with van der Waals surface area (Å²) in [6.45, 7) is 2.50. The molecule has 2 rings (SSSR count). The highest BCUT2D eigenvalue weighted by Crippen LogP contribution is 2.15. The van der Waals surface area contributed by atoms with E-state index in [9.17, 15) is 8.42 Å². The molecule has 1 aromatic heterocycles. The summed E-state index contributed by atoms with van der Waals surface area (Å²) >= 11 is 0. The number of sulfonamides is 1. The number of pyridine rings is 1. The van der Waals surface area contributed by atoms with E-state index in [0.717, 1.165) is 13.1 Å². The van der Waals surface area contributed by atoms with E-state index >= 15 is 0 Å². The fraction of sp³-hybridized carbons (Fsp3) is 0.500. The Morgan fingerprint density at radius 3 is 2.41 bits per heavy atom. The van der Waals surface area contributed by atoms with Gasteiger partial charge in [-0.3, -0.25) is 0 Å². The Hall–Kier alpha value is -1.18. The second-order valence-corrected chi connectivity index (χ2v) is 6.02. The van der Waals surface area contributed by atoms with Crippen LogP contribution in [0.15, 0.2) is 23.4 Å². The number of hydrogen-bond donors (Lipinski definition) is 1. The van der Waals surface area contributed by atoms with Crippen LogP contribution in [0, 0.1) is 0 Å². The number of hydrogen-bond acceptors (Lipinski definition) is 5. The standard InChI is InChI=1S/C10H16N4O2S/c1-13-4-6-14(7-5-13)17(15,16)10-3-2-9(11)8-12-10/h2-3,8H,4-7,11H2,1H3. The third kappa shape index (κ3) is 2.56. The van der Waals surface area contributed by atoms with Crippen LogP contribution < -0.4 is 5.73 Å². The maximum atomic E-state index is 12.2. The van der Waals surface area contributed by atoms with Gasteiger partial charge in [-0.1, -0.05) is 0 Å². The molecule has 1 fully saturated rings. The van der Waals surface area contributed by atoms with Crippen LogP contribution >= 0.6 is 0 Å². The van der Waals surface area contributed by atoms with Gasteiger partial charge in [0.1, 0.15) is 0 Å². The number of nitrogens with two attached hydrogens (primary N) is 1. The average Bonchev–Trinajstić information content (AvgIpc) is 2.30. The van der Waals surface area contributed by atoms with Crippen molar-refractivity contribution in [2.45, 2.75) is 5.03 Å². The van der Waals surface area contributed by atoms with Crippen LogP contribution in [0.25, 0.3) is 0 Å². The molecule has 0 aromatic carbocycles. The van der Waals surface area contributed by atoms with Crippen molar-refractivity contribution in [1.29, 1.82) is 0 Å². The van der Waals surface area contributed by atoms with Gasteiger partial charge in [-0.2, -0.15) is 4.31 Å². The molecule has 0 aliphatic carbocycles. The molecule has 0 spiro atoms. The third-order valence-corrected chi connectivity index (χ3v) is 4.64. The predicted molar refractivity (Wildman–Crippen MR) is 64.9 cm³/mol. The molecule has 0 amide bonds. The minimum absolute atomic E-state index is 0.0660. The van der Waals surface area contributed by atoms with Crippen molar-refractivity contribution in [3.05, 3.63) is 18.3 Å². The van der Waals surface area contributed by atoms with Gasteiger partial charge < -0.3 is 10.6 Å². The van der Waals surface area contributed by atoms with E-state index in [1.54, 1.807) is 6.07 Å². The molecule has 0 radical (unpaired) electrons. The lowest BCUT2D eigenvalue weighted by Gasteiger charge is -2.31. The summed E-state index contributed by atoms with van der Waals surface area (Å²) in [6.07, 6.45) is 1.36.